The van der Waals surface area contributed by atoms with Crippen LogP contribution >= 0.6 is 0 Å². The Morgan fingerprint density at radius 1 is 0.840 bits per heavy atom. The molecule has 0 heterocycles. The molecule has 0 aliphatic rings. The maximum atomic E-state index is 11.9. The van der Waals surface area contributed by atoms with Crippen LogP contribution in [0.3, 0.4) is 0 Å². The fourth-order valence-electron chi connectivity index (χ4n) is 1.98. The molecule has 0 atom stereocenters. The number of nitrogens with one attached hydrogen (secondary N) is 2. The largest absolute Gasteiger partial charge is 0.494 e. The van der Waals surface area contributed by atoms with Crippen LogP contribution in [0.4, 0.5) is 11.4 Å². The normalized spacial score (nSPS) is 9.84. The first kappa shape index (κ1) is 18.0. The molecule has 0 saturated carbocycles. The zero-order valence-corrected chi connectivity index (χ0v) is 13.9. The van der Waals surface area contributed by atoms with Crippen LogP contribution in [-0.4, -0.2) is 31.5 Å². The lowest BCUT2D eigenvalue weighted by Crippen LogP contribution is -2.29. The highest BCUT2D eigenvalue weighted by molar-refractivity contribution is 6.43. The van der Waals surface area contributed by atoms with E-state index in [1.54, 1.807) is 24.3 Å². The van der Waals surface area contributed by atoms with E-state index < -0.39 is 17.8 Å². The minimum Gasteiger partial charge on any atom is -0.494 e. The first-order chi connectivity index (χ1) is 12.0. The molecule has 0 radical (unpaired) electrons. The second-order valence-electron chi connectivity index (χ2n) is 4.93. The van der Waals surface area contributed by atoms with Gasteiger partial charge in [0.2, 0.25) is 0 Å². The van der Waals surface area contributed by atoms with Gasteiger partial charge in [-0.15, -0.1) is 0 Å². The minimum absolute atomic E-state index is 0.347. The average Bonchev–Trinajstić information content (AvgIpc) is 2.63. The number of anilines is 2. The summed E-state index contributed by atoms with van der Waals surface area (Å²) < 4.78 is 9.89. The molecule has 130 valence electrons. The quantitative estimate of drug-likeness (QED) is 0.643. The van der Waals surface area contributed by atoms with Crippen LogP contribution in [0.5, 0.6) is 5.75 Å². The number of benzene rings is 2. The third kappa shape index (κ3) is 5.07. The van der Waals surface area contributed by atoms with Gasteiger partial charge in [0.05, 0.1) is 19.3 Å². The van der Waals surface area contributed by atoms with E-state index in [9.17, 15) is 14.4 Å². The van der Waals surface area contributed by atoms with Crippen LogP contribution < -0.4 is 15.4 Å². The fraction of sp³-hybridized carbons (Fsp3) is 0.167. The maximum absolute atomic E-state index is 11.9. The molecule has 2 rings (SSSR count). The summed E-state index contributed by atoms with van der Waals surface area (Å²) >= 11 is 0. The smallest absolute Gasteiger partial charge is 0.337 e. The average molecular weight is 342 g/mol. The fourth-order valence-corrected chi connectivity index (χ4v) is 1.98. The molecule has 7 heteroatoms. The summed E-state index contributed by atoms with van der Waals surface area (Å²) in [4.78, 5) is 35.2. The van der Waals surface area contributed by atoms with Gasteiger partial charge < -0.3 is 20.1 Å². The molecule has 0 aromatic heterocycles. The maximum Gasteiger partial charge on any atom is 0.337 e. The molecule has 2 aromatic rings. The molecular weight excluding hydrogens is 324 g/mol. The molecule has 2 aromatic carbocycles. The molecule has 2 amide bonds. The van der Waals surface area contributed by atoms with Crippen LogP contribution in [0.25, 0.3) is 0 Å². The van der Waals surface area contributed by atoms with Crippen LogP contribution in [-0.2, 0) is 14.3 Å². The van der Waals surface area contributed by atoms with Gasteiger partial charge >= 0.3 is 17.8 Å². The van der Waals surface area contributed by atoms with E-state index in [0.717, 1.165) is 0 Å². The number of esters is 1. The summed E-state index contributed by atoms with van der Waals surface area (Å²) in [6.07, 6.45) is 0. The molecule has 0 aliphatic heterocycles. The predicted octanol–water partition coefficient (Wildman–Crippen LogP) is 2.45. The highest BCUT2D eigenvalue weighted by Gasteiger charge is 2.14. The second-order valence-corrected chi connectivity index (χ2v) is 4.93. The van der Waals surface area contributed by atoms with Gasteiger partial charge in [0.25, 0.3) is 0 Å². The topological polar surface area (TPSA) is 93.7 Å². The van der Waals surface area contributed by atoms with E-state index in [-0.39, 0.29) is 0 Å². The van der Waals surface area contributed by atoms with Crippen LogP contribution in [0.1, 0.15) is 17.3 Å². The van der Waals surface area contributed by atoms with Gasteiger partial charge in [0.15, 0.2) is 0 Å². The molecule has 0 spiro atoms. The van der Waals surface area contributed by atoms with Gasteiger partial charge in [0, 0.05) is 11.4 Å². The molecule has 7 nitrogen and oxygen atoms in total. The Morgan fingerprint density at radius 2 is 1.32 bits per heavy atom. The Hall–Kier alpha value is -3.35. The third-order valence-electron chi connectivity index (χ3n) is 3.19. The Kier molecular flexibility index (Phi) is 6.11. The Balaban J connectivity index is 1.93. The molecule has 0 bridgehead atoms. The number of carbonyl (C=O) groups excluding carboxylic acids is 3. The Bertz CT molecular complexity index is 754. The molecule has 0 aliphatic carbocycles. The number of methoxy groups -OCH3 is 1. The number of hydrogen-bond acceptors (Lipinski definition) is 5. The van der Waals surface area contributed by atoms with Crippen molar-refractivity contribution in [1.82, 2.24) is 0 Å². The molecule has 25 heavy (non-hydrogen) atoms. The first-order valence-electron chi connectivity index (χ1n) is 7.57. The highest BCUT2D eigenvalue weighted by Crippen LogP contribution is 2.16. The van der Waals surface area contributed by atoms with E-state index in [2.05, 4.69) is 15.4 Å². The van der Waals surface area contributed by atoms with E-state index in [0.29, 0.717) is 29.3 Å². The zero-order valence-electron chi connectivity index (χ0n) is 13.9. The van der Waals surface area contributed by atoms with Gasteiger partial charge in [-0.2, -0.15) is 0 Å². The number of rotatable bonds is 5. The molecular formula is C18H18N2O5. The predicted molar refractivity (Wildman–Crippen MR) is 92.7 cm³/mol. The molecule has 0 fully saturated rings. The number of amides is 2. The summed E-state index contributed by atoms with van der Waals surface area (Å²) in [5.41, 5.74) is 1.21. The van der Waals surface area contributed by atoms with Crippen molar-refractivity contribution in [3.8, 4) is 5.75 Å². The molecule has 2 N–H and O–H groups in total. The standard InChI is InChI=1S/C18H18N2O5/c1-3-25-15-10-8-14(9-11-15)20-17(22)16(21)19-13-6-4-12(5-7-13)18(23)24-2/h4-11H,3H2,1-2H3,(H,19,21)(H,20,22). The van der Waals surface area contributed by atoms with Crippen molar-refractivity contribution in [1.29, 1.82) is 0 Å². The second kappa shape index (κ2) is 8.49. The van der Waals surface area contributed by atoms with E-state index >= 15 is 0 Å². The number of carbonyl (C=O) groups is 3. The van der Waals surface area contributed by atoms with Gasteiger partial charge in [-0.3, -0.25) is 9.59 Å². The van der Waals surface area contributed by atoms with Crippen molar-refractivity contribution in [2.45, 2.75) is 6.92 Å². The SMILES string of the molecule is CCOc1ccc(NC(=O)C(=O)Nc2ccc(C(=O)OC)cc2)cc1. The Labute approximate surface area is 144 Å². The molecule has 0 saturated heterocycles. The summed E-state index contributed by atoms with van der Waals surface area (Å²) in [6, 6.07) is 12.7. The lowest BCUT2D eigenvalue weighted by atomic mass is 10.2. The van der Waals surface area contributed by atoms with Gasteiger partial charge in [-0.05, 0) is 55.5 Å². The Morgan fingerprint density at radius 3 is 1.76 bits per heavy atom. The van der Waals surface area contributed by atoms with Crippen molar-refractivity contribution in [2.24, 2.45) is 0 Å². The van der Waals surface area contributed by atoms with Crippen molar-refractivity contribution in [3.05, 3.63) is 54.1 Å². The first-order valence-corrected chi connectivity index (χ1v) is 7.57. The third-order valence-corrected chi connectivity index (χ3v) is 3.19. The number of hydrogen-bond donors (Lipinski definition) is 2. The van der Waals surface area contributed by atoms with Crippen LogP contribution in [0.2, 0.25) is 0 Å². The van der Waals surface area contributed by atoms with Crippen molar-refractivity contribution in [2.75, 3.05) is 24.4 Å². The minimum atomic E-state index is -0.820. The lowest BCUT2D eigenvalue weighted by molar-refractivity contribution is -0.132. The summed E-state index contributed by atoms with van der Waals surface area (Å²) in [5, 5.41) is 4.94. The van der Waals surface area contributed by atoms with E-state index in [1.165, 1.54) is 31.4 Å². The van der Waals surface area contributed by atoms with E-state index in [1.807, 2.05) is 6.92 Å². The lowest BCUT2D eigenvalue weighted by Gasteiger charge is -2.08. The van der Waals surface area contributed by atoms with Crippen LogP contribution in [0, 0.1) is 0 Å². The van der Waals surface area contributed by atoms with Crippen molar-refractivity contribution >= 4 is 29.2 Å². The van der Waals surface area contributed by atoms with Gasteiger partial charge in [0.1, 0.15) is 5.75 Å². The van der Waals surface area contributed by atoms with Crippen molar-refractivity contribution in [3.63, 3.8) is 0 Å². The summed E-state index contributed by atoms with van der Waals surface area (Å²) in [6.45, 7) is 2.42. The summed E-state index contributed by atoms with van der Waals surface area (Å²) in [7, 11) is 1.28. The number of ether oxygens (including phenoxy) is 2. The van der Waals surface area contributed by atoms with Gasteiger partial charge in [-0.25, -0.2) is 4.79 Å². The summed E-state index contributed by atoms with van der Waals surface area (Å²) in [5.74, 6) is -1.43. The van der Waals surface area contributed by atoms with Crippen molar-refractivity contribution < 1.29 is 23.9 Å². The highest BCUT2D eigenvalue weighted by atomic mass is 16.5. The van der Waals surface area contributed by atoms with Gasteiger partial charge in [-0.1, -0.05) is 0 Å². The van der Waals surface area contributed by atoms with Crippen LogP contribution in [0.15, 0.2) is 48.5 Å². The zero-order chi connectivity index (χ0) is 18.2. The monoisotopic (exact) mass is 342 g/mol. The van der Waals surface area contributed by atoms with E-state index in [4.69, 9.17) is 4.74 Å². The molecule has 0 unspecified atom stereocenters.